The summed E-state index contributed by atoms with van der Waals surface area (Å²) in [6.45, 7) is 2.29. The molecular formula is C38H38ClN3O6. The van der Waals surface area contributed by atoms with Crippen LogP contribution in [-0.4, -0.2) is 53.1 Å². The summed E-state index contributed by atoms with van der Waals surface area (Å²) in [6, 6.07) is 28.4. The molecule has 48 heavy (non-hydrogen) atoms. The molecule has 3 amide bonds. The van der Waals surface area contributed by atoms with Crippen LogP contribution in [0.2, 0.25) is 5.02 Å². The highest BCUT2D eigenvalue weighted by Gasteiger charge is 2.52. The molecule has 0 spiro atoms. The third-order valence-corrected chi connectivity index (χ3v) is 8.69. The first-order chi connectivity index (χ1) is 23.1. The smallest absolute Gasteiger partial charge is 0.264 e. The number of anilines is 2. The topological polar surface area (TPSA) is 119 Å². The maximum atomic E-state index is 14.0. The molecule has 3 N–H and O–H groups in total. The summed E-state index contributed by atoms with van der Waals surface area (Å²) in [5.74, 6) is -1.00. The van der Waals surface area contributed by atoms with Crippen molar-refractivity contribution in [3.05, 3.63) is 136 Å². The minimum Gasteiger partial charge on any atom is -0.497 e. The summed E-state index contributed by atoms with van der Waals surface area (Å²) in [7, 11) is 1.56. The molecule has 9 nitrogen and oxygen atoms in total. The first-order valence-electron chi connectivity index (χ1n) is 15.6. The Morgan fingerprint density at radius 2 is 1.71 bits per heavy atom. The molecule has 0 fully saturated rings. The normalized spacial score (nSPS) is 16.1. The monoisotopic (exact) mass is 667 g/mol. The van der Waals surface area contributed by atoms with Crippen LogP contribution < -0.4 is 15.0 Å². The lowest BCUT2D eigenvalue weighted by atomic mass is 9.83. The molecule has 0 bridgehead atoms. The van der Waals surface area contributed by atoms with Gasteiger partial charge in [-0.15, -0.1) is 0 Å². The number of halogens is 1. The number of rotatable bonds is 13. The summed E-state index contributed by atoms with van der Waals surface area (Å²) in [5.41, 5.74) is 1.82. The van der Waals surface area contributed by atoms with Crippen molar-refractivity contribution in [1.29, 1.82) is 0 Å². The highest BCUT2D eigenvalue weighted by molar-refractivity contribution is 6.31. The van der Waals surface area contributed by atoms with Crippen LogP contribution in [-0.2, 0) is 28.3 Å². The molecule has 10 heteroatoms. The lowest BCUT2D eigenvalue weighted by Gasteiger charge is -2.28. The largest absolute Gasteiger partial charge is 0.497 e. The Morgan fingerprint density at radius 1 is 1.00 bits per heavy atom. The van der Waals surface area contributed by atoms with Crippen LogP contribution in [0.25, 0.3) is 0 Å². The molecule has 4 aromatic rings. The van der Waals surface area contributed by atoms with E-state index in [2.05, 4.69) is 5.32 Å². The average molecular weight is 668 g/mol. The molecule has 0 aromatic heterocycles. The van der Waals surface area contributed by atoms with Crippen LogP contribution in [0.3, 0.4) is 0 Å². The molecule has 1 heterocycles. The van der Waals surface area contributed by atoms with Gasteiger partial charge < -0.3 is 30.1 Å². The number of methoxy groups -OCH3 is 1. The van der Waals surface area contributed by atoms with Gasteiger partial charge in [-0.05, 0) is 65.7 Å². The zero-order valence-corrected chi connectivity index (χ0v) is 27.6. The van der Waals surface area contributed by atoms with Crippen LogP contribution >= 0.6 is 11.6 Å². The van der Waals surface area contributed by atoms with E-state index in [1.54, 1.807) is 85.7 Å². The van der Waals surface area contributed by atoms with Crippen LogP contribution in [0.5, 0.6) is 5.75 Å². The van der Waals surface area contributed by atoms with Gasteiger partial charge in [0, 0.05) is 47.3 Å². The zero-order chi connectivity index (χ0) is 34.3. The first-order valence-corrected chi connectivity index (χ1v) is 16.0. The lowest BCUT2D eigenvalue weighted by molar-refractivity contribution is -0.139. The number of carbonyl (C=O) groups is 3. The van der Waals surface area contributed by atoms with Gasteiger partial charge in [0.2, 0.25) is 5.91 Å². The Balaban J connectivity index is 1.28. The quantitative estimate of drug-likeness (QED) is 0.152. The van der Waals surface area contributed by atoms with E-state index in [1.807, 2.05) is 42.5 Å². The van der Waals surface area contributed by atoms with Gasteiger partial charge >= 0.3 is 0 Å². The Morgan fingerprint density at radius 3 is 2.38 bits per heavy atom. The maximum absolute atomic E-state index is 14.0. The Kier molecular flexibility index (Phi) is 11.0. The summed E-state index contributed by atoms with van der Waals surface area (Å²) >= 11 is 6.34. The number of nitrogens with zero attached hydrogens (tertiary/aromatic N) is 2. The van der Waals surface area contributed by atoms with Crippen molar-refractivity contribution in [2.45, 2.75) is 32.0 Å². The number of nitrogens with one attached hydrogen (secondary N) is 1. The lowest BCUT2D eigenvalue weighted by Crippen LogP contribution is -2.44. The van der Waals surface area contributed by atoms with Gasteiger partial charge in [0.05, 0.1) is 25.9 Å². The van der Waals surface area contributed by atoms with Crippen molar-refractivity contribution in [1.82, 2.24) is 4.90 Å². The van der Waals surface area contributed by atoms with E-state index in [0.717, 1.165) is 11.1 Å². The Labute approximate surface area is 285 Å². The van der Waals surface area contributed by atoms with E-state index in [-0.39, 0.29) is 37.9 Å². The van der Waals surface area contributed by atoms with E-state index >= 15 is 0 Å². The SMILES string of the molecule is COc1ccc(C(=O)Nc2ccc(CN3C(=O)[C@](O)([C@H](C)/C=C/CC(=O)N(CCO)Cc4ccccc4)c4cc(Cl)ccc43)cc2)cc1. The number of aliphatic hydroxyl groups is 2. The molecule has 248 valence electrons. The Hall–Kier alpha value is -4.96. The summed E-state index contributed by atoms with van der Waals surface area (Å²) in [6.07, 6.45) is 3.36. The molecule has 0 saturated heterocycles. The van der Waals surface area contributed by atoms with Gasteiger partial charge in [-0.25, -0.2) is 0 Å². The summed E-state index contributed by atoms with van der Waals surface area (Å²) in [4.78, 5) is 42.8. The second-order valence-electron chi connectivity index (χ2n) is 11.6. The van der Waals surface area contributed by atoms with Gasteiger partial charge in [0.15, 0.2) is 5.60 Å². The molecule has 0 aliphatic carbocycles. The molecule has 0 unspecified atom stereocenters. The van der Waals surface area contributed by atoms with Crippen molar-refractivity contribution in [2.75, 3.05) is 30.5 Å². The highest BCUT2D eigenvalue weighted by atomic mass is 35.5. The van der Waals surface area contributed by atoms with Gasteiger partial charge in [-0.2, -0.15) is 0 Å². The second-order valence-corrected chi connectivity index (χ2v) is 12.1. The molecule has 1 aliphatic rings. The number of benzene rings is 4. The van der Waals surface area contributed by atoms with Crippen molar-refractivity contribution in [3.8, 4) is 5.75 Å². The third-order valence-electron chi connectivity index (χ3n) is 8.45. The van der Waals surface area contributed by atoms with Crippen LogP contribution in [0.15, 0.2) is 109 Å². The molecule has 0 saturated carbocycles. The van der Waals surface area contributed by atoms with E-state index in [1.165, 1.54) is 4.90 Å². The maximum Gasteiger partial charge on any atom is 0.264 e. The van der Waals surface area contributed by atoms with Crippen LogP contribution in [0, 0.1) is 5.92 Å². The molecule has 5 rings (SSSR count). The minimum atomic E-state index is -1.92. The van der Waals surface area contributed by atoms with E-state index < -0.39 is 17.4 Å². The van der Waals surface area contributed by atoms with Gasteiger partial charge in [-0.3, -0.25) is 14.4 Å². The predicted molar refractivity (Wildman–Crippen MR) is 186 cm³/mol. The average Bonchev–Trinajstić information content (AvgIpc) is 3.31. The highest BCUT2D eigenvalue weighted by Crippen LogP contribution is 2.46. The number of ether oxygens (including phenoxy) is 1. The minimum absolute atomic E-state index is 0.0366. The first kappa shape index (κ1) is 34.4. The van der Waals surface area contributed by atoms with Gasteiger partial charge in [0.1, 0.15) is 5.75 Å². The summed E-state index contributed by atoms with van der Waals surface area (Å²) in [5, 5.41) is 24.8. The van der Waals surface area contributed by atoms with Crippen molar-refractivity contribution >= 4 is 40.7 Å². The summed E-state index contributed by atoms with van der Waals surface area (Å²) < 4.78 is 5.15. The van der Waals surface area contributed by atoms with Gasteiger partial charge in [0.25, 0.3) is 11.8 Å². The molecule has 4 aromatic carbocycles. The second kappa shape index (κ2) is 15.3. The molecule has 1 aliphatic heterocycles. The predicted octanol–water partition coefficient (Wildman–Crippen LogP) is 5.94. The standard InChI is InChI=1S/C38H38ClN3O6/c1-26(7-6-10-35(44)41(21-22-43)24-27-8-4-3-5-9-27)38(47)33-23-30(39)15-20-34(33)42(37(38)46)25-28-11-16-31(17-12-28)40-36(45)29-13-18-32(48-2)19-14-29/h3-9,11-20,23,26,43,47H,10,21-22,24-25H2,1-2H3,(H,40,45)/b7-6+/t26-,38+/m1/s1. The molecule has 2 atom stereocenters. The number of carbonyl (C=O) groups excluding carboxylic acids is 3. The molecule has 0 radical (unpaired) electrons. The van der Waals surface area contributed by atoms with Crippen molar-refractivity contribution in [3.63, 3.8) is 0 Å². The number of aliphatic hydroxyl groups excluding tert-OH is 1. The number of hydrogen-bond donors (Lipinski definition) is 3. The van der Waals surface area contributed by atoms with E-state index in [0.29, 0.717) is 39.8 Å². The fourth-order valence-corrected chi connectivity index (χ4v) is 5.93. The fourth-order valence-electron chi connectivity index (χ4n) is 5.76. The molecular weight excluding hydrogens is 630 g/mol. The van der Waals surface area contributed by atoms with E-state index in [9.17, 15) is 24.6 Å². The fraction of sp³-hybridized carbons (Fsp3) is 0.237. The number of amides is 3. The van der Waals surface area contributed by atoms with Crippen molar-refractivity contribution in [2.24, 2.45) is 5.92 Å². The number of fused-ring (bicyclic) bond motifs is 1. The third kappa shape index (κ3) is 7.60. The zero-order valence-electron chi connectivity index (χ0n) is 26.8. The van der Waals surface area contributed by atoms with Crippen molar-refractivity contribution < 1.29 is 29.3 Å². The van der Waals surface area contributed by atoms with Gasteiger partial charge in [-0.1, -0.05) is 73.1 Å². The Bertz CT molecular complexity index is 1780. The van der Waals surface area contributed by atoms with Crippen LogP contribution in [0.4, 0.5) is 11.4 Å². The van der Waals surface area contributed by atoms with Crippen LogP contribution in [0.1, 0.15) is 40.4 Å². The van der Waals surface area contributed by atoms with E-state index in [4.69, 9.17) is 16.3 Å². The number of hydrogen-bond acceptors (Lipinski definition) is 6.